The first-order valence-corrected chi connectivity index (χ1v) is 32.9. The second-order valence-electron chi connectivity index (χ2n) is 26.4. The van der Waals surface area contributed by atoms with Gasteiger partial charge in [0.15, 0.2) is 0 Å². The summed E-state index contributed by atoms with van der Waals surface area (Å²) in [5.74, 6) is 0. The van der Waals surface area contributed by atoms with E-state index in [4.69, 9.17) is 0 Å². The van der Waals surface area contributed by atoms with Crippen molar-refractivity contribution in [2.24, 2.45) is 17.9 Å². The summed E-state index contributed by atoms with van der Waals surface area (Å²) in [6, 6.07) is 85.2. The summed E-state index contributed by atoms with van der Waals surface area (Å²) >= 11 is 0. The third-order valence-corrected chi connectivity index (χ3v) is 16.4. The Labute approximate surface area is 679 Å². The van der Waals surface area contributed by atoms with E-state index in [2.05, 4.69) is 175 Å². The number of rotatable bonds is 8. The van der Waals surface area contributed by atoms with Gasteiger partial charge in [0.1, 0.15) is 0 Å². The van der Waals surface area contributed by atoms with E-state index < -0.39 is 12.2 Å². The molecule has 15 aromatic rings. The van der Waals surface area contributed by atoms with Crippen LogP contribution in [-0.2, 0) is 108 Å². The summed E-state index contributed by atoms with van der Waals surface area (Å²) in [5, 5.41) is 31.8. The molecule has 15 rings (SSSR count). The molecule has 8 aromatic heterocycles. The molecule has 8 heterocycles. The van der Waals surface area contributed by atoms with Gasteiger partial charge in [0, 0.05) is 145 Å². The minimum absolute atomic E-state index is 0. The van der Waals surface area contributed by atoms with Gasteiger partial charge in [-0.1, -0.05) is 207 Å². The summed E-state index contributed by atoms with van der Waals surface area (Å²) in [6.07, 6.45) is 14.1. The number of hydrogen-bond donors (Lipinski definition) is 2. The molecule has 0 fully saturated rings. The Morgan fingerprint density at radius 3 is 1.26 bits per heavy atom. The number of nitrogens with zero attached hydrogens (tertiary/aromatic N) is 10. The molecular formula is C87H81Ir5N10O2-5. The topological polar surface area (TPSA) is 161 Å². The first-order valence-electron chi connectivity index (χ1n) is 32.9. The molecule has 0 saturated carbocycles. The fourth-order valence-corrected chi connectivity index (χ4v) is 10.3. The number of hydrogen-bond acceptors (Lipinski definition) is 11. The molecule has 2 N–H and O–H groups in total. The van der Waals surface area contributed by atoms with Crippen LogP contribution in [0.2, 0.25) is 0 Å². The van der Waals surface area contributed by atoms with Crippen molar-refractivity contribution in [1.29, 1.82) is 0 Å². The van der Waals surface area contributed by atoms with Crippen molar-refractivity contribution in [3.8, 4) is 67.3 Å². The van der Waals surface area contributed by atoms with Gasteiger partial charge in [-0.05, 0) is 129 Å². The van der Waals surface area contributed by atoms with Crippen LogP contribution >= 0.6 is 0 Å². The number of aliphatic hydroxyl groups excluding tert-OH is 2. The minimum Gasteiger partial charge on any atom is -0.392 e. The second-order valence-corrected chi connectivity index (χ2v) is 26.4. The van der Waals surface area contributed by atoms with Crippen LogP contribution in [0.3, 0.4) is 0 Å². The van der Waals surface area contributed by atoms with E-state index in [1.807, 2.05) is 208 Å². The van der Waals surface area contributed by atoms with E-state index in [1.54, 1.807) is 29.5 Å². The number of aromatic nitrogens is 10. The van der Waals surface area contributed by atoms with Crippen LogP contribution in [-0.4, -0.2) is 72.3 Å². The van der Waals surface area contributed by atoms with Crippen LogP contribution in [0.1, 0.15) is 70.2 Å². The Kier molecular flexibility index (Phi) is 34.6. The van der Waals surface area contributed by atoms with Crippen molar-refractivity contribution in [2.45, 2.75) is 87.9 Å². The molecule has 104 heavy (non-hydrogen) atoms. The number of aryl methyl sites for hydroxylation is 5. The minimum atomic E-state index is -0.443. The molecule has 5 radical (unpaired) electrons. The van der Waals surface area contributed by atoms with Gasteiger partial charge in [0.05, 0.1) is 24.1 Å². The largest absolute Gasteiger partial charge is 0.392 e. The zero-order valence-electron chi connectivity index (χ0n) is 59.6. The quantitative estimate of drug-likeness (QED) is 0.110. The predicted molar refractivity (Wildman–Crippen MR) is 403 cm³/mol. The number of aliphatic hydroxyl groups is 2. The van der Waals surface area contributed by atoms with Crippen LogP contribution in [0.4, 0.5) is 0 Å². The molecule has 7 aromatic carbocycles. The van der Waals surface area contributed by atoms with Crippen LogP contribution in [0, 0.1) is 68.9 Å². The Morgan fingerprint density at radius 2 is 0.817 bits per heavy atom. The summed E-state index contributed by atoms with van der Waals surface area (Å²) < 4.78 is 1.69. The molecule has 2 atom stereocenters. The van der Waals surface area contributed by atoms with E-state index >= 15 is 0 Å². The predicted octanol–water partition coefficient (Wildman–Crippen LogP) is 19.4. The molecule has 0 aliphatic heterocycles. The van der Waals surface area contributed by atoms with Gasteiger partial charge in [0.2, 0.25) is 0 Å². The summed E-state index contributed by atoms with van der Waals surface area (Å²) in [5.41, 5.74) is 21.0. The smallest absolute Gasteiger partial charge is 0.0942 e. The molecule has 12 nitrogen and oxygen atoms in total. The maximum atomic E-state index is 9.76. The van der Waals surface area contributed by atoms with E-state index in [1.165, 1.54) is 44.5 Å². The molecule has 0 aliphatic rings. The summed E-state index contributed by atoms with van der Waals surface area (Å²) in [4.78, 5) is 30.4. The summed E-state index contributed by atoms with van der Waals surface area (Å²) in [7, 11) is 1.86. The molecule has 2 unspecified atom stereocenters. The van der Waals surface area contributed by atoms with Crippen molar-refractivity contribution >= 4 is 43.6 Å². The van der Waals surface area contributed by atoms with Gasteiger partial charge in [-0.2, -0.15) is 0 Å². The number of pyridine rings is 7. The Hall–Kier alpha value is -8.06. The zero-order valence-corrected chi connectivity index (χ0v) is 71.6. The van der Waals surface area contributed by atoms with Crippen LogP contribution < -0.4 is 0 Å². The van der Waals surface area contributed by atoms with Gasteiger partial charge >= 0.3 is 0 Å². The molecule has 0 amide bonds. The van der Waals surface area contributed by atoms with E-state index in [-0.39, 0.29) is 111 Å². The molecule has 17 heteroatoms. The van der Waals surface area contributed by atoms with Gasteiger partial charge in [-0.25, -0.2) is 0 Å². The standard InChI is InChI=1S/C19H16N.C18H14N.C15H13N4.2C12H7N2.C11H24O2.5Ir/c1-14-6-9-16(10-7-14)17-4-3-5-18(12-17)19-11-8-15(2)13-20-19;1-14-8-10-15(11-9-14)16-5-4-6-17(13-16)18-7-2-3-12-19-18;1-11-6-7-16-14(8-11)12-4-3-5-13(9-12)15-10-19(2)18-17-15;2*1-3-9-5-6-11-10(4-2-7-13-11)12(9)14-8-1;1-10(2,3)8(12)7-9(13)11(4,5)6;;;;;/h3-4,6-13H,1-2H3;2-5,7-13H,1H3;3,5-10H,1-2H3;2*1-3,5-8H;8-9,12-13H,7H2,1-6H3;;;;;/q5*-1;;;;;;. The van der Waals surface area contributed by atoms with Gasteiger partial charge < -0.3 is 45.1 Å². The second kappa shape index (κ2) is 41.6. The van der Waals surface area contributed by atoms with Crippen molar-refractivity contribution in [3.63, 3.8) is 0 Å². The number of benzene rings is 7. The van der Waals surface area contributed by atoms with Crippen LogP contribution in [0.25, 0.3) is 111 Å². The normalized spacial score (nSPS) is 11.1. The SMILES string of the molecule is CC(C)(C)C(O)CC(O)C(C)(C)C.Cc1ccc(-c2cc[c-]c(-c3ccc(C)cn3)c2)cc1.Cc1ccc(-c2cc[c-]c(-c3ccccn3)c2)cc1.Cc1ccnc(-c2[c-]ccc(-c3cn(C)nn3)c2)c1.[Ir].[Ir].[Ir].[Ir].[Ir].[c-]1ccnc2ccc3cccnc3c12.[c-]1ccnc2ccc3cccnc3c12. The maximum Gasteiger partial charge on any atom is 0.0942 e. The fourth-order valence-electron chi connectivity index (χ4n) is 10.3. The third kappa shape index (κ3) is 24.8. The molecular weight excluding hydrogens is 2180 g/mol. The summed E-state index contributed by atoms with van der Waals surface area (Å²) in [6.45, 7) is 20.2. The van der Waals surface area contributed by atoms with Gasteiger partial charge in [-0.3, -0.25) is 4.68 Å². The Balaban J connectivity index is 0.000000224. The van der Waals surface area contributed by atoms with E-state index in [9.17, 15) is 10.2 Å². The maximum absolute atomic E-state index is 9.76. The van der Waals surface area contributed by atoms with Gasteiger partial charge in [-0.15, -0.1) is 130 Å². The molecule has 0 bridgehead atoms. The zero-order chi connectivity index (χ0) is 69.9. The molecule has 541 valence electrons. The fraction of sp³-hybridized carbons (Fsp3) is 0.184. The average molecular weight is 2260 g/mol. The van der Waals surface area contributed by atoms with E-state index in [0.717, 1.165) is 88.6 Å². The van der Waals surface area contributed by atoms with Crippen LogP contribution in [0.5, 0.6) is 0 Å². The molecule has 0 aliphatic carbocycles. The monoisotopic (exact) mass is 2260 g/mol. The third-order valence-electron chi connectivity index (χ3n) is 16.4. The molecule has 0 spiro atoms. The van der Waals surface area contributed by atoms with E-state index in [0.29, 0.717) is 6.42 Å². The first kappa shape index (κ1) is 86.6. The van der Waals surface area contributed by atoms with Crippen molar-refractivity contribution < 1.29 is 111 Å². The van der Waals surface area contributed by atoms with Gasteiger partial charge in [0.25, 0.3) is 0 Å². The van der Waals surface area contributed by atoms with Crippen molar-refractivity contribution in [2.75, 3.05) is 0 Å². The van der Waals surface area contributed by atoms with Crippen molar-refractivity contribution in [3.05, 3.63) is 308 Å². The number of fused-ring (bicyclic) bond motifs is 6. The Bertz CT molecular complexity index is 4790. The molecule has 0 saturated heterocycles. The average Bonchev–Trinajstić information content (AvgIpc) is 0.878. The van der Waals surface area contributed by atoms with Crippen molar-refractivity contribution in [1.82, 2.24) is 49.9 Å². The van der Waals surface area contributed by atoms with Crippen LogP contribution in [0.15, 0.2) is 256 Å². The Morgan fingerprint density at radius 1 is 0.365 bits per heavy atom. The first-order chi connectivity index (χ1) is 47.7.